The minimum atomic E-state index is -0.862. The van der Waals surface area contributed by atoms with Crippen molar-refractivity contribution in [2.24, 2.45) is 0 Å². The average molecular weight is 213 g/mol. The first kappa shape index (κ1) is 11.2. The third-order valence-corrected chi connectivity index (χ3v) is 1.71. The summed E-state index contributed by atoms with van der Waals surface area (Å²) in [5, 5.41) is 0. The normalized spacial score (nSPS) is 10.6. The summed E-state index contributed by atoms with van der Waals surface area (Å²) in [6, 6.07) is 2.05. The number of halogens is 2. The number of carbonyl (C=O) groups excluding carboxylic acids is 1. The molecule has 0 saturated carbocycles. The second-order valence-corrected chi connectivity index (χ2v) is 2.75. The summed E-state index contributed by atoms with van der Waals surface area (Å²) < 4.78 is 30.2. The lowest BCUT2D eigenvalue weighted by atomic mass is 10.2. The van der Waals surface area contributed by atoms with Crippen LogP contribution in [-0.4, -0.2) is 13.1 Å². The van der Waals surface area contributed by atoms with Gasteiger partial charge in [0.15, 0.2) is 0 Å². The number of esters is 1. The molecular weight excluding hydrogens is 204 g/mol. The minimum Gasteiger partial charge on any atom is -0.466 e. The highest BCUT2D eigenvalue weighted by atomic mass is 19.1. The van der Waals surface area contributed by atoms with Crippen LogP contribution in [0.3, 0.4) is 0 Å². The summed E-state index contributed by atoms with van der Waals surface area (Å²) in [6.07, 6.45) is 2.29. The lowest BCUT2D eigenvalue weighted by molar-refractivity contribution is -0.134. The summed E-state index contributed by atoms with van der Waals surface area (Å²) >= 11 is 0. The Morgan fingerprint density at radius 1 is 1.40 bits per heavy atom. The van der Waals surface area contributed by atoms with E-state index in [0.717, 1.165) is 18.2 Å². The van der Waals surface area contributed by atoms with E-state index >= 15 is 0 Å². The molecule has 0 spiro atoms. The first-order chi connectivity index (χ1) is 7.04. The van der Waals surface area contributed by atoms with Crippen molar-refractivity contribution in [3.8, 4) is 0 Å². The average Bonchev–Trinajstić information content (AvgIpc) is 2.22. The van der Waals surface area contributed by atoms with Gasteiger partial charge in [0.05, 0.1) is 7.11 Å². The number of benzene rings is 1. The standard InChI is InChI=1S/C10H9F2NO2/c1-15-9(14)3-2-6-4-7(11)10(13)8(12)5-6/h2-5H,13H2,1H3/b3-2+. The zero-order valence-electron chi connectivity index (χ0n) is 7.96. The first-order valence-corrected chi connectivity index (χ1v) is 4.05. The van der Waals surface area contributed by atoms with Gasteiger partial charge in [-0.3, -0.25) is 0 Å². The van der Waals surface area contributed by atoms with E-state index in [9.17, 15) is 13.6 Å². The highest BCUT2D eigenvalue weighted by molar-refractivity contribution is 5.86. The van der Waals surface area contributed by atoms with Crippen LogP contribution in [0.4, 0.5) is 14.5 Å². The van der Waals surface area contributed by atoms with Crippen LogP contribution in [0.15, 0.2) is 18.2 Å². The summed E-state index contributed by atoms with van der Waals surface area (Å²) in [6.45, 7) is 0. The Hall–Kier alpha value is -1.91. The predicted molar refractivity (Wildman–Crippen MR) is 51.8 cm³/mol. The van der Waals surface area contributed by atoms with Crippen LogP contribution >= 0.6 is 0 Å². The van der Waals surface area contributed by atoms with Gasteiger partial charge in [-0.1, -0.05) is 0 Å². The summed E-state index contributed by atoms with van der Waals surface area (Å²) in [4.78, 5) is 10.7. The molecule has 0 saturated heterocycles. The van der Waals surface area contributed by atoms with E-state index < -0.39 is 23.3 Å². The second-order valence-electron chi connectivity index (χ2n) is 2.75. The minimum absolute atomic E-state index is 0.199. The smallest absolute Gasteiger partial charge is 0.330 e. The van der Waals surface area contributed by atoms with E-state index in [1.54, 1.807) is 0 Å². The van der Waals surface area contributed by atoms with Gasteiger partial charge < -0.3 is 10.5 Å². The number of methoxy groups -OCH3 is 1. The van der Waals surface area contributed by atoms with Gasteiger partial charge in [-0.15, -0.1) is 0 Å². The molecule has 0 heterocycles. The van der Waals surface area contributed by atoms with Crippen LogP contribution in [0.1, 0.15) is 5.56 Å². The number of nitrogen functional groups attached to an aromatic ring is 1. The third kappa shape index (κ3) is 2.77. The van der Waals surface area contributed by atoms with E-state index in [1.807, 2.05) is 0 Å². The topological polar surface area (TPSA) is 52.3 Å². The van der Waals surface area contributed by atoms with Gasteiger partial charge in [0, 0.05) is 6.08 Å². The Bertz CT molecular complexity index is 393. The molecule has 0 radical (unpaired) electrons. The van der Waals surface area contributed by atoms with Crippen LogP contribution in [0, 0.1) is 11.6 Å². The second kappa shape index (κ2) is 4.54. The highest BCUT2D eigenvalue weighted by Crippen LogP contribution is 2.17. The molecule has 0 amide bonds. The van der Waals surface area contributed by atoms with Crippen molar-refractivity contribution >= 4 is 17.7 Å². The zero-order chi connectivity index (χ0) is 11.4. The summed E-state index contributed by atoms with van der Waals surface area (Å²) in [5.74, 6) is -2.33. The largest absolute Gasteiger partial charge is 0.466 e. The predicted octanol–water partition coefficient (Wildman–Crippen LogP) is 1.73. The molecule has 0 bridgehead atoms. The van der Waals surface area contributed by atoms with Crippen LogP contribution < -0.4 is 5.73 Å². The number of rotatable bonds is 2. The van der Waals surface area contributed by atoms with Gasteiger partial charge in [0.1, 0.15) is 17.3 Å². The fourth-order valence-corrected chi connectivity index (χ4v) is 0.932. The van der Waals surface area contributed by atoms with Crippen molar-refractivity contribution in [1.29, 1.82) is 0 Å². The Morgan fingerprint density at radius 3 is 2.40 bits per heavy atom. The Kier molecular flexibility index (Phi) is 3.38. The van der Waals surface area contributed by atoms with Gasteiger partial charge in [-0.05, 0) is 23.8 Å². The van der Waals surface area contributed by atoms with Crippen molar-refractivity contribution in [1.82, 2.24) is 0 Å². The summed E-state index contributed by atoms with van der Waals surface area (Å²) in [7, 11) is 1.21. The van der Waals surface area contributed by atoms with Crippen LogP contribution in [-0.2, 0) is 9.53 Å². The Labute approximate surface area is 85.1 Å². The molecule has 1 aromatic rings. The number of hydrogen-bond acceptors (Lipinski definition) is 3. The lowest BCUT2D eigenvalue weighted by Crippen LogP contribution is -1.97. The molecule has 15 heavy (non-hydrogen) atoms. The molecule has 1 rings (SSSR count). The molecule has 0 atom stereocenters. The van der Waals surface area contributed by atoms with E-state index in [4.69, 9.17) is 5.73 Å². The van der Waals surface area contributed by atoms with Crippen molar-refractivity contribution in [2.45, 2.75) is 0 Å². The fraction of sp³-hybridized carbons (Fsp3) is 0.100. The third-order valence-electron chi connectivity index (χ3n) is 1.71. The van der Waals surface area contributed by atoms with Crippen molar-refractivity contribution in [3.05, 3.63) is 35.4 Å². The quantitative estimate of drug-likeness (QED) is 0.462. The maximum Gasteiger partial charge on any atom is 0.330 e. The molecule has 0 aromatic heterocycles. The zero-order valence-corrected chi connectivity index (χ0v) is 7.96. The van der Waals surface area contributed by atoms with Gasteiger partial charge in [-0.2, -0.15) is 0 Å². The van der Waals surface area contributed by atoms with Crippen LogP contribution in [0.25, 0.3) is 6.08 Å². The Morgan fingerprint density at radius 2 is 1.93 bits per heavy atom. The maximum atomic E-state index is 12.9. The van der Waals surface area contributed by atoms with E-state index in [0.29, 0.717) is 0 Å². The Balaban J connectivity index is 2.97. The van der Waals surface area contributed by atoms with E-state index in [1.165, 1.54) is 13.2 Å². The van der Waals surface area contributed by atoms with Crippen LogP contribution in [0.2, 0.25) is 0 Å². The van der Waals surface area contributed by atoms with E-state index in [-0.39, 0.29) is 5.56 Å². The molecule has 0 fully saturated rings. The lowest BCUT2D eigenvalue weighted by Gasteiger charge is -2.00. The molecule has 5 heteroatoms. The monoisotopic (exact) mass is 213 g/mol. The van der Waals surface area contributed by atoms with Gasteiger partial charge in [0.2, 0.25) is 0 Å². The molecule has 0 aliphatic rings. The molecule has 3 nitrogen and oxygen atoms in total. The van der Waals surface area contributed by atoms with Gasteiger partial charge in [-0.25, -0.2) is 13.6 Å². The van der Waals surface area contributed by atoms with Crippen LogP contribution in [0.5, 0.6) is 0 Å². The number of anilines is 1. The number of nitrogens with two attached hydrogens (primary N) is 1. The van der Waals surface area contributed by atoms with Crippen molar-refractivity contribution < 1.29 is 18.3 Å². The number of ether oxygens (including phenoxy) is 1. The van der Waals surface area contributed by atoms with Crippen molar-refractivity contribution in [2.75, 3.05) is 12.8 Å². The van der Waals surface area contributed by atoms with E-state index in [2.05, 4.69) is 4.74 Å². The maximum absolute atomic E-state index is 12.9. The molecule has 0 unspecified atom stereocenters. The highest BCUT2D eigenvalue weighted by Gasteiger charge is 2.06. The molecule has 1 aromatic carbocycles. The number of carbonyl (C=O) groups is 1. The van der Waals surface area contributed by atoms with Gasteiger partial charge in [0.25, 0.3) is 0 Å². The molecule has 2 N–H and O–H groups in total. The summed E-state index contributed by atoms with van der Waals surface area (Å²) in [5.41, 5.74) is 4.73. The van der Waals surface area contributed by atoms with Crippen molar-refractivity contribution in [3.63, 3.8) is 0 Å². The molecule has 0 aliphatic heterocycles. The SMILES string of the molecule is COC(=O)/C=C/c1cc(F)c(N)c(F)c1. The fourth-order valence-electron chi connectivity index (χ4n) is 0.932. The first-order valence-electron chi connectivity index (χ1n) is 4.05. The molecule has 80 valence electrons. The van der Waals surface area contributed by atoms with Gasteiger partial charge >= 0.3 is 5.97 Å². The molecule has 0 aliphatic carbocycles. The molecular formula is C10H9F2NO2. The number of hydrogen-bond donors (Lipinski definition) is 1.